The third kappa shape index (κ3) is 4.63. The van der Waals surface area contributed by atoms with Gasteiger partial charge >= 0.3 is 0 Å². The van der Waals surface area contributed by atoms with Gasteiger partial charge in [-0.05, 0) is 24.3 Å². The van der Waals surface area contributed by atoms with Crippen LogP contribution in [0.2, 0.25) is 0 Å². The van der Waals surface area contributed by atoms with Crippen molar-refractivity contribution < 1.29 is 19.2 Å². The molecular formula is C19H20N4O5. The SMILES string of the molecule is COc1cc(N2CCOCC2)ccc1/C=N\NC(=O)c1ccc([N+](=O)[O-])cc1. The molecule has 1 saturated heterocycles. The molecule has 0 radical (unpaired) electrons. The van der Waals surface area contributed by atoms with Crippen LogP contribution in [-0.2, 0) is 4.74 Å². The fourth-order valence-electron chi connectivity index (χ4n) is 2.78. The first-order valence-electron chi connectivity index (χ1n) is 8.67. The first-order valence-corrected chi connectivity index (χ1v) is 8.67. The molecule has 1 amide bonds. The lowest BCUT2D eigenvalue weighted by Gasteiger charge is -2.29. The van der Waals surface area contributed by atoms with Gasteiger partial charge in [0.2, 0.25) is 0 Å². The Kier molecular flexibility index (Phi) is 6.18. The van der Waals surface area contributed by atoms with E-state index in [4.69, 9.17) is 9.47 Å². The Labute approximate surface area is 161 Å². The van der Waals surface area contributed by atoms with Crippen molar-refractivity contribution in [2.24, 2.45) is 5.10 Å². The van der Waals surface area contributed by atoms with Gasteiger partial charge in [0, 0.05) is 48.1 Å². The van der Waals surface area contributed by atoms with Gasteiger partial charge in [-0.3, -0.25) is 14.9 Å². The minimum absolute atomic E-state index is 0.0786. The molecular weight excluding hydrogens is 364 g/mol. The number of nitro groups is 1. The van der Waals surface area contributed by atoms with Crippen LogP contribution in [-0.4, -0.2) is 50.5 Å². The van der Waals surface area contributed by atoms with E-state index in [0.717, 1.165) is 18.8 Å². The molecule has 0 saturated carbocycles. The van der Waals surface area contributed by atoms with E-state index in [1.807, 2.05) is 18.2 Å². The molecule has 0 spiro atoms. The highest BCUT2D eigenvalue weighted by Gasteiger charge is 2.13. The topological polar surface area (TPSA) is 106 Å². The molecule has 3 rings (SSSR count). The van der Waals surface area contributed by atoms with E-state index < -0.39 is 10.8 Å². The summed E-state index contributed by atoms with van der Waals surface area (Å²) in [6.07, 6.45) is 1.49. The second-order valence-electron chi connectivity index (χ2n) is 6.03. The molecule has 9 heteroatoms. The van der Waals surface area contributed by atoms with Gasteiger partial charge < -0.3 is 14.4 Å². The number of non-ortho nitro benzene ring substituents is 1. The number of amides is 1. The lowest BCUT2D eigenvalue weighted by Crippen LogP contribution is -2.36. The fraction of sp³-hybridized carbons (Fsp3) is 0.263. The van der Waals surface area contributed by atoms with Gasteiger partial charge in [0.1, 0.15) is 5.75 Å². The number of methoxy groups -OCH3 is 1. The van der Waals surface area contributed by atoms with Crippen LogP contribution in [0.1, 0.15) is 15.9 Å². The Bertz CT molecular complexity index is 876. The zero-order chi connectivity index (χ0) is 19.9. The predicted molar refractivity (Wildman–Crippen MR) is 104 cm³/mol. The fourth-order valence-corrected chi connectivity index (χ4v) is 2.78. The van der Waals surface area contributed by atoms with Gasteiger partial charge in [0.25, 0.3) is 11.6 Å². The van der Waals surface area contributed by atoms with Crippen LogP contribution >= 0.6 is 0 Å². The van der Waals surface area contributed by atoms with Crippen molar-refractivity contribution in [1.82, 2.24) is 5.43 Å². The quantitative estimate of drug-likeness (QED) is 0.465. The van der Waals surface area contributed by atoms with Crippen LogP contribution in [0.3, 0.4) is 0 Å². The molecule has 1 aliphatic rings. The minimum atomic E-state index is -0.521. The number of ether oxygens (including phenoxy) is 2. The van der Waals surface area contributed by atoms with Gasteiger partial charge in [0.15, 0.2) is 0 Å². The number of anilines is 1. The van der Waals surface area contributed by atoms with Crippen molar-refractivity contribution in [3.63, 3.8) is 0 Å². The minimum Gasteiger partial charge on any atom is -0.496 e. The average Bonchev–Trinajstić information content (AvgIpc) is 2.74. The Morgan fingerprint density at radius 2 is 1.96 bits per heavy atom. The normalized spacial score (nSPS) is 14.1. The van der Waals surface area contributed by atoms with Crippen LogP contribution in [0.15, 0.2) is 47.6 Å². The number of carbonyl (C=O) groups is 1. The zero-order valence-electron chi connectivity index (χ0n) is 15.3. The van der Waals surface area contributed by atoms with Crippen LogP contribution in [0.5, 0.6) is 5.75 Å². The summed E-state index contributed by atoms with van der Waals surface area (Å²) in [6.45, 7) is 3.03. The summed E-state index contributed by atoms with van der Waals surface area (Å²) in [5, 5.41) is 14.6. The second-order valence-corrected chi connectivity index (χ2v) is 6.03. The number of benzene rings is 2. The summed E-state index contributed by atoms with van der Waals surface area (Å²) in [4.78, 5) is 24.4. The first-order chi connectivity index (χ1) is 13.6. The monoisotopic (exact) mass is 384 g/mol. The van der Waals surface area contributed by atoms with Crippen molar-refractivity contribution in [1.29, 1.82) is 0 Å². The number of nitrogens with zero attached hydrogens (tertiary/aromatic N) is 3. The number of carbonyl (C=O) groups excluding carboxylic acids is 1. The zero-order valence-corrected chi connectivity index (χ0v) is 15.3. The maximum atomic E-state index is 12.1. The van der Waals surface area contributed by atoms with Crippen molar-refractivity contribution in [2.75, 3.05) is 38.3 Å². The van der Waals surface area contributed by atoms with Crippen molar-refractivity contribution in [2.45, 2.75) is 0 Å². The third-order valence-corrected chi connectivity index (χ3v) is 4.30. The summed E-state index contributed by atoms with van der Waals surface area (Å²) < 4.78 is 10.8. The van der Waals surface area contributed by atoms with Gasteiger partial charge in [-0.2, -0.15) is 5.10 Å². The van der Waals surface area contributed by atoms with Crippen molar-refractivity contribution >= 4 is 23.5 Å². The Morgan fingerprint density at radius 1 is 1.25 bits per heavy atom. The lowest BCUT2D eigenvalue weighted by atomic mass is 10.1. The van der Waals surface area contributed by atoms with Crippen LogP contribution < -0.4 is 15.1 Å². The highest BCUT2D eigenvalue weighted by molar-refractivity contribution is 5.95. The molecule has 146 valence electrons. The molecule has 0 unspecified atom stereocenters. The lowest BCUT2D eigenvalue weighted by molar-refractivity contribution is -0.384. The number of hydrogen-bond acceptors (Lipinski definition) is 7. The second kappa shape index (κ2) is 8.96. The Balaban J connectivity index is 1.65. The largest absolute Gasteiger partial charge is 0.496 e. The number of hydrogen-bond donors (Lipinski definition) is 1. The van der Waals surface area contributed by atoms with Crippen LogP contribution in [0.4, 0.5) is 11.4 Å². The maximum absolute atomic E-state index is 12.1. The molecule has 0 bridgehead atoms. The molecule has 0 aliphatic carbocycles. The molecule has 1 fully saturated rings. The third-order valence-electron chi connectivity index (χ3n) is 4.30. The number of hydrazone groups is 1. The predicted octanol–water partition coefficient (Wildman–Crippen LogP) is 2.20. The molecule has 1 heterocycles. The van der Waals surface area contributed by atoms with Gasteiger partial charge in [0.05, 0.1) is 31.5 Å². The van der Waals surface area contributed by atoms with E-state index in [1.165, 1.54) is 30.5 Å². The maximum Gasteiger partial charge on any atom is 0.271 e. The molecule has 9 nitrogen and oxygen atoms in total. The summed E-state index contributed by atoms with van der Waals surface area (Å²) in [7, 11) is 1.57. The molecule has 0 atom stereocenters. The van der Waals surface area contributed by atoms with E-state index in [1.54, 1.807) is 7.11 Å². The van der Waals surface area contributed by atoms with Crippen LogP contribution in [0, 0.1) is 10.1 Å². The molecule has 2 aromatic rings. The molecule has 0 aromatic heterocycles. The van der Waals surface area contributed by atoms with Gasteiger partial charge in [-0.15, -0.1) is 0 Å². The van der Waals surface area contributed by atoms with Crippen molar-refractivity contribution in [3.8, 4) is 5.75 Å². The number of rotatable bonds is 6. The van der Waals surface area contributed by atoms with E-state index in [9.17, 15) is 14.9 Å². The molecule has 1 aliphatic heterocycles. The van der Waals surface area contributed by atoms with E-state index in [0.29, 0.717) is 24.5 Å². The summed E-state index contributed by atoms with van der Waals surface area (Å²) >= 11 is 0. The highest BCUT2D eigenvalue weighted by atomic mass is 16.6. The Hall–Kier alpha value is -3.46. The van der Waals surface area contributed by atoms with Gasteiger partial charge in [-0.25, -0.2) is 5.43 Å². The van der Waals surface area contributed by atoms with Crippen molar-refractivity contribution in [3.05, 3.63) is 63.7 Å². The summed E-state index contributed by atoms with van der Waals surface area (Å²) in [5.74, 6) is 0.173. The number of morpholine rings is 1. The van der Waals surface area contributed by atoms with E-state index >= 15 is 0 Å². The highest BCUT2D eigenvalue weighted by Crippen LogP contribution is 2.25. The molecule has 28 heavy (non-hydrogen) atoms. The number of nitrogens with one attached hydrogen (secondary N) is 1. The molecule has 2 aromatic carbocycles. The first kappa shape index (κ1) is 19.3. The van der Waals surface area contributed by atoms with Crippen LogP contribution in [0.25, 0.3) is 0 Å². The number of nitro benzene ring substituents is 1. The summed E-state index contributed by atoms with van der Waals surface area (Å²) in [5.41, 5.74) is 4.35. The van der Waals surface area contributed by atoms with E-state index in [2.05, 4.69) is 15.4 Å². The van der Waals surface area contributed by atoms with E-state index in [-0.39, 0.29) is 11.3 Å². The molecule has 1 N–H and O–H groups in total. The standard InChI is InChI=1S/C19H20N4O5/c1-27-18-12-17(22-8-10-28-11-9-22)7-4-15(18)13-20-21-19(24)14-2-5-16(6-3-14)23(25)26/h2-7,12-13H,8-11H2,1H3,(H,21,24)/b20-13-. The smallest absolute Gasteiger partial charge is 0.271 e. The average molecular weight is 384 g/mol. The van der Waals surface area contributed by atoms with Gasteiger partial charge in [-0.1, -0.05) is 0 Å². The summed E-state index contributed by atoms with van der Waals surface area (Å²) in [6, 6.07) is 11.0. The Morgan fingerprint density at radius 3 is 2.61 bits per heavy atom.